The van der Waals surface area contributed by atoms with E-state index in [1.807, 2.05) is 12.3 Å². The summed E-state index contributed by atoms with van der Waals surface area (Å²) in [5.74, 6) is 2.86. The van der Waals surface area contributed by atoms with Gasteiger partial charge in [0.05, 0.1) is 0 Å². The van der Waals surface area contributed by atoms with Gasteiger partial charge in [0.15, 0.2) is 0 Å². The van der Waals surface area contributed by atoms with Crippen molar-refractivity contribution in [2.75, 3.05) is 0 Å². The highest BCUT2D eigenvalue weighted by molar-refractivity contribution is 5.59. The van der Waals surface area contributed by atoms with E-state index in [4.69, 9.17) is 0 Å². The summed E-state index contributed by atoms with van der Waals surface area (Å²) in [7, 11) is 0. The van der Waals surface area contributed by atoms with E-state index in [1.54, 1.807) is 0 Å². The number of allylic oxidation sites excluding steroid dienone is 4. The molecule has 0 spiro atoms. The maximum Gasteiger partial charge on any atom is 0.0408 e. The van der Waals surface area contributed by atoms with Gasteiger partial charge in [-0.25, -0.2) is 4.99 Å². The predicted molar refractivity (Wildman–Crippen MR) is 57.9 cm³/mol. The summed E-state index contributed by atoms with van der Waals surface area (Å²) in [5, 5.41) is 0. The molecule has 1 nitrogen and oxygen atoms in total. The fourth-order valence-corrected chi connectivity index (χ4v) is 1.44. The molecule has 1 aliphatic rings. The first kappa shape index (κ1) is 10.0. The monoisotopic (exact) mass is 175 g/mol. The zero-order valence-corrected chi connectivity index (χ0v) is 8.89. The molecule has 0 aromatic heterocycles. The summed E-state index contributed by atoms with van der Waals surface area (Å²) in [6, 6.07) is 0. The van der Waals surface area contributed by atoms with Crippen LogP contribution in [0.1, 0.15) is 34.1 Å². The Labute approximate surface area is 80.6 Å². The van der Waals surface area contributed by atoms with E-state index in [9.17, 15) is 0 Å². The number of aliphatic imine (C=N–C) groups is 1. The van der Waals surface area contributed by atoms with E-state index in [-0.39, 0.29) is 5.41 Å². The van der Waals surface area contributed by atoms with Crippen LogP contribution >= 0.6 is 0 Å². The molecule has 0 amide bonds. The molecule has 0 aromatic carbocycles. The van der Waals surface area contributed by atoms with E-state index in [0.29, 0.717) is 0 Å². The van der Waals surface area contributed by atoms with Crippen molar-refractivity contribution in [1.29, 1.82) is 0 Å². The van der Waals surface area contributed by atoms with Gasteiger partial charge in [0, 0.05) is 6.20 Å². The van der Waals surface area contributed by atoms with Crippen LogP contribution < -0.4 is 0 Å². The van der Waals surface area contributed by atoms with E-state index in [0.717, 1.165) is 6.42 Å². The summed E-state index contributed by atoms with van der Waals surface area (Å²) >= 11 is 0. The Morgan fingerprint density at radius 1 is 1.38 bits per heavy atom. The molecule has 0 saturated carbocycles. The zero-order valence-electron chi connectivity index (χ0n) is 8.89. The van der Waals surface area contributed by atoms with Crippen LogP contribution in [-0.2, 0) is 0 Å². The van der Waals surface area contributed by atoms with Crippen molar-refractivity contribution in [3.05, 3.63) is 29.5 Å². The lowest BCUT2D eigenvalue weighted by atomic mass is 9.81. The first-order chi connectivity index (χ1) is 6.05. The van der Waals surface area contributed by atoms with Gasteiger partial charge in [0.2, 0.25) is 0 Å². The van der Waals surface area contributed by atoms with Crippen LogP contribution in [0, 0.1) is 5.41 Å². The van der Waals surface area contributed by atoms with Gasteiger partial charge >= 0.3 is 0 Å². The highest BCUT2D eigenvalue weighted by Crippen LogP contribution is 2.33. The molecule has 0 bridgehead atoms. The summed E-state index contributed by atoms with van der Waals surface area (Å²) in [5.41, 5.74) is 2.85. The van der Waals surface area contributed by atoms with E-state index in [1.165, 1.54) is 11.1 Å². The summed E-state index contributed by atoms with van der Waals surface area (Å²) in [6.45, 7) is 8.81. The van der Waals surface area contributed by atoms with Crippen LogP contribution in [0.5, 0.6) is 0 Å². The molecule has 0 aromatic rings. The lowest BCUT2D eigenvalue weighted by molar-refractivity contribution is 0.506. The normalized spacial score (nSPS) is 16.6. The molecular weight excluding hydrogens is 158 g/mol. The molecular formula is C12H17N. The van der Waals surface area contributed by atoms with Gasteiger partial charge in [0.1, 0.15) is 0 Å². The minimum Gasteiger partial charge on any atom is -0.214 e. The highest BCUT2D eigenvalue weighted by atomic mass is 14.7. The third-order valence-corrected chi connectivity index (χ3v) is 2.16. The molecule has 70 valence electrons. The highest BCUT2D eigenvalue weighted by Gasteiger charge is 2.19. The van der Waals surface area contributed by atoms with E-state index in [2.05, 4.69) is 44.6 Å². The van der Waals surface area contributed by atoms with Crippen LogP contribution in [0.3, 0.4) is 0 Å². The van der Waals surface area contributed by atoms with E-state index >= 15 is 0 Å². The molecule has 0 N–H and O–H groups in total. The molecule has 0 atom stereocenters. The molecule has 1 heterocycles. The van der Waals surface area contributed by atoms with Gasteiger partial charge in [-0.2, -0.15) is 0 Å². The second-order valence-corrected chi connectivity index (χ2v) is 4.26. The second-order valence-electron chi connectivity index (χ2n) is 4.26. The zero-order chi connectivity index (χ0) is 9.90. The molecule has 1 heteroatoms. The third kappa shape index (κ3) is 2.43. The van der Waals surface area contributed by atoms with Gasteiger partial charge in [0.25, 0.3) is 0 Å². The van der Waals surface area contributed by atoms with Crippen molar-refractivity contribution in [1.82, 2.24) is 0 Å². The fourth-order valence-electron chi connectivity index (χ4n) is 1.44. The lowest BCUT2D eigenvalue weighted by Gasteiger charge is -2.23. The van der Waals surface area contributed by atoms with Gasteiger partial charge < -0.3 is 0 Å². The molecule has 1 aliphatic heterocycles. The Bertz CT molecular complexity index is 305. The molecule has 0 aliphatic carbocycles. The average Bonchev–Trinajstić information content (AvgIpc) is 2.26. The quantitative estimate of drug-likeness (QED) is 0.578. The number of hydrogen-bond acceptors (Lipinski definition) is 1. The van der Waals surface area contributed by atoms with Crippen LogP contribution in [0.15, 0.2) is 34.5 Å². The Morgan fingerprint density at radius 2 is 2.08 bits per heavy atom. The topological polar surface area (TPSA) is 12.4 Å². The molecule has 0 unspecified atom stereocenters. The Kier molecular flexibility index (Phi) is 2.90. The third-order valence-electron chi connectivity index (χ3n) is 2.16. The smallest absolute Gasteiger partial charge is 0.0408 e. The van der Waals surface area contributed by atoms with Crippen molar-refractivity contribution in [2.24, 2.45) is 10.4 Å². The first-order valence-electron chi connectivity index (χ1n) is 4.74. The number of rotatable bonds is 1. The Hall–Kier alpha value is -1.07. The van der Waals surface area contributed by atoms with Gasteiger partial charge in [-0.1, -0.05) is 27.7 Å². The Morgan fingerprint density at radius 3 is 2.62 bits per heavy atom. The standard InChI is InChI=1S/C12H17N/c1-5-10-7-6-8-13-9-11(10)12(2,3)4/h6-7,9H,5H2,1-4H3. The van der Waals surface area contributed by atoms with Crippen LogP contribution in [0.4, 0.5) is 0 Å². The van der Waals surface area contributed by atoms with Crippen LogP contribution in [0.2, 0.25) is 0 Å². The van der Waals surface area contributed by atoms with E-state index < -0.39 is 0 Å². The summed E-state index contributed by atoms with van der Waals surface area (Å²) in [4.78, 5) is 4.10. The minimum atomic E-state index is 0.172. The van der Waals surface area contributed by atoms with Crippen LogP contribution in [-0.4, -0.2) is 5.87 Å². The van der Waals surface area contributed by atoms with Crippen molar-refractivity contribution in [3.8, 4) is 0 Å². The number of hydrogen-bond donors (Lipinski definition) is 0. The maximum atomic E-state index is 4.10. The lowest BCUT2D eigenvalue weighted by Crippen LogP contribution is -2.11. The minimum absolute atomic E-state index is 0.172. The molecule has 0 fully saturated rings. The van der Waals surface area contributed by atoms with Gasteiger partial charge in [-0.3, -0.25) is 0 Å². The fraction of sp³-hybridized carbons (Fsp3) is 0.500. The van der Waals surface area contributed by atoms with Crippen molar-refractivity contribution in [2.45, 2.75) is 34.1 Å². The van der Waals surface area contributed by atoms with Crippen LogP contribution in [0.25, 0.3) is 0 Å². The molecule has 1 rings (SSSR count). The summed E-state index contributed by atoms with van der Waals surface area (Å²) < 4.78 is 0. The maximum absolute atomic E-state index is 4.10. The number of nitrogens with zero attached hydrogens (tertiary/aromatic N) is 1. The Balaban J connectivity index is 3.08. The molecule has 0 saturated heterocycles. The van der Waals surface area contributed by atoms with Crippen molar-refractivity contribution < 1.29 is 0 Å². The second kappa shape index (κ2) is 3.76. The van der Waals surface area contributed by atoms with Crippen molar-refractivity contribution >= 4 is 5.87 Å². The summed E-state index contributed by atoms with van der Waals surface area (Å²) in [6.07, 6.45) is 6.97. The molecule has 13 heavy (non-hydrogen) atoms. The largest absolute Gasteiger partial charge is 0.214 e. The van der Waals surface area contributed by atoms with Gasteiger partial charge in [-0.05, 0) is 41.0 Å². The van der Waals surface area contributed by atoms with Crippen molar-refractivity contribution in [3.63, 3.8) is 0 Å². The van der Waals surface area contributed by atoms with Gasteiger partial charge in [-0.15, -0.1) is 0 Å². The molecule has 0 radical (unpaired) electrons. The average molecular weight is 175 g/mol. The SMILES string of the molecule is CCC1=CC=C=NC=C1C(C)(C)C. The predicted octanol–water partition coefficient (Wildman–Crippen LogP) is 3.49. The first-order valence-corrected chi connectivity index (χ1v) is 4.74.